The standard InChI is InChI=1S/C25H23N5O4/c1-34-20-9-7-19(8-10-20)21-11-12-24(32)30(28-21)14-13-26-23(31)16-29-17-27-22(15-25(29)33)18-5-3-2-4-6-18/h2-12,15,17H,13-14,16H2,1H3,(H,26,31). The van der Waals surface area contributed by atoms with Gasteiger partial charge in [0.15, 0.2) is 0 Å². The molecular formula is C25H23N5O4. The van der Waals surface area contributed by atoms with E-state index in [-0.39, 0.29) is 36.7 Å². The van der Waals surface area contributed by atoms with E-state index in [0.29, 0.717) is 11.4 Å². The summed E-state index contributed by atoms with van der Waals surface area (Å²) >= 11 is 0. The molecule has 0 saturated carbocycles. The third-order valence-corrected chi connectivity index (χ3v) is 5.16. The normalized spacial score (nSPS) is 10.6. The van der Waals surface area contributed by atoms with Gasteiger partial charge in [0.05, 0.1) is 31.4 Å². The maximum atomic E-state index is 12.4. The Kier molecular flexibility index (Phi) is 6.92. The fourth-order valence-corrected chi connectivity index (χ4v) is 3.35. The molecule has 9 nitrogen and oxygen atoms in total. The largest absolute Gasteiger partial charge is 0.497 e. The maximum Gasteiger partial charge on any atom is 0.266 e. The summed E-state index contributed by atoms with van der Waals surface area (Å²) in [6.45, 7) is 0.200. The van der Waals surface area contributed by atoms with Gasteiger partial charge in [0, 0.05) is 29.8 Å². The van der Waals surface area contributed by atoms with E-state index >= 15 is 0 Å². The van der Waals surface area contributed by atoms with E-state index in [1.54, 1.807) is 13.2 Å². The number of ether oxygens (including phenoxy) is 1. The molecule has 0 aliphatic rings. The number of nitrogens with one attached hydrogen (secondary N) is 1. The molecule has 0 fully saturated rings. The van der Waals surface area contributed by atoms with Crippen LogP contribution in [-0.4, -0.2) is 38.9 Å². The van der Waals surface area contributed by atoms with Crippen molar-refractivity contribution < 1.29 is 9.53 Å². The molecule has 2 aromatic heterocycles. The first-order chi connectivity index (χ1) is 16.5. The molecule has 0 atom stereocenters. The summed E-state index contributed by atoms with van der Waals surface area (Å²) in [4.78, 5) is 41.2. The zero-order chi connectivity index (χ0) is 23.9. The molecule has 172 valence electrons. The zero-order valence-electron chi connectivity index (χ0n) is 18.5. The Morgan fingerprint density at radius 2 is 1.65 bits per heavy atom. The van der Waals surface area contributed by atoms with Gasteiger partial charge in [-0.25, -0.2) is 9.67 Å². The second kappa shape index (κ2) is 10.4. The Morgan fingerprint density at radius 1 is 0.912 bits per heavy atom. The van der Waals surface area contributed by atoms with Gasteiger partial charge in [-0.05, 0) is 30.3 Å². The number of nitrogens with zero attached hydrogens (tertiary/aromatic N) is 4. The van der Waals surface area contributed by atoms with Crippen molar-refractivity contribution in [2.75, 3.05) is 13.7 Å². The van der Waals surface area contributed by atoms with E-state index in [1.165, 1.54) is 27.7 Å². The van der Waals surface area contributed by atoms with E-state index in [1.807, 2.05) is 54.6 Å². The molecule has 34 heavy (non-hydrogen) atoms. The smallest absolute Gasteiger partial charge is 0.266 e. The third kappa shape index (κ3) is 5.44. The van der Waals surface area contributed by atoms with Crippen LogP contribution in [0.4, 0.5) is 0 Å². The molecule has 2 heterocycles. The van der Waals surface area contributed by atoms with Crippen LogP contribution < -0.4 is 21.2 Å². The number of carbonyl (C=O) groups is 1. The van der Waals surface area contributed by atoms with Crippen LogP contribution in [0.5, 0.6) is 5.75 Å². The Labute approximate surface area is 195 Å². The van der Waals surface area contributed by atoms with Crippen LogP contribution in [0.1, 0.15) is 0 Å². The number of carbonyl (C=O) groups excluding carboxylic acids is 1. The first-order valence-electron chi connectivity index (χ1n) is 10.6. The van der Waals surface area contributed by atoms with Gasteiger partial charge < -0.3 is 10.1 Å². The van der Waals surface area contributed by atoms with Crippen molar-refractivity contribution in [3.05, 3.63) is 99.8 Å². The Morgan fingerprint density at radius 3 is 2.35 bits per heavy atom. The Hall–Kier alpha value is -4.53. The van der Waals surface area contributed by atoms with Gasteiger partial charge in [0.25, 0.3) is 11.1 Å². The van der Waals surface area contributed by atoms with Crippen LogP contribution in [0.15, 0.2) is 88.7 Å². The average molecular weight is 457 g/mol. The summed E-state index contributed by atoms with van der Waals surface area (Å²) in [5.41, 5.74) is 2.24. The summed E-state index contributed by atoms with van der Waals surface area (Å²) < 4.78 is 7.68. The lowest BCUT2D eigenvalue weighted by molar-refractivity contribution is -0.121. The molecular weight excluding hydrogens is 434 g/mol. The maximum absolute atomic E-state index is 12.4. The number of methoxy groups -OCH3 is 1. The van der Waals surface area contributed by atoms with E-state index in [2.05, 4.69) is 15.4 Å². The Balaban J connectivity index is 1.36. The van der Waals surface area contributed by atoms with Crippen LogP contribution in [0.25, 0.3) is 22.5 Å². The summed E-state index contributed by atoms with van der Waals surface area (Å²) in [6, 6.07) is 21.2. The average Bonchev–Trinajstić information content (AvgIpc) is 2.87. The molecule has 2 aromatic carbocycles. The predicted octanol–water partition coefficient (Wildman–Crippen LogP) is 1.96. The molecule has 9 heteroatoms. The second-order valence-corrected chi connectivity index (χ2v) is 7.46. The third-order valence-electron chi connectivity index (χ3n) is 5.16. The number of amides is 1. The van der Waals surface area contributed by atoms with Gasteiger partial charge in [0.2, 0.25) is 5.91 Å². The summed E-state index contributed by atoms with van der Waals surface area (Å²) in [5.74, 6) is 0.361. The number of rotatable bonds is 8. The van der Waals surface area contributed by atoms with Crippen LogP contribution in [-0.2, 0) is 17.9 Å². The van der Waals surface area contributed by atoms with Crippen LogP contribution >= 0.6 is 0 Å². The number of aromatic nitrogens is 4. The fourth-order valence-electron chi connectivity index (χ4n) is 3.35. The molecule has 4 aromatic rings. The van der Waals surface area contributed by atoms with Gasteiger partial charge in [-0.1, -0.05) is 30.3 Å². The van der Waals surface area contributed by atoms with Crippen LogP contribution in [0.3, 0.4) is 0 Å². The first kappa shape index (κ1) is 22.7. The summed E-state index contributed by atoms with van der Waals surface area (Å²) in [5, 5.41) is 7.09. The van der Waals surface area contributed by atoms with Gasteiger partial charge in [-0.3, -0.25) is 19.0 Å². The lowest BCUT2D eigenvalue weighted by Gasteiger charge is -2.10. The van der Waals surface area contributed by atoms with Crippen LogP contribution in [0.2, 0.25) is 0 Å². The van der Waals surface area contributed by atoms with E-state index in [4.69, 9.17) is 4.74 Å². The summed E-state index contributed by atoms with van der Waals surface area (Å²) in [7, 11) is 1.59. The minimum absolute atomic E-state index is 0.172. The topological polar surface area (TPSA) is 108 Å². The molecule has 0 saturated heterocycles. The van der Waals surface area contributed by atoms with Crippen molar-refractivity contribution in [2.45, 2.75) is 13.1 Å². The lowest BCUT2D eigenvalue weighted by atomic mass is 10.1. The highest BCUT2D eigenvalue weighted by atomic mass is 16.5. The van der Waals surface area contributed by atoms with Crippen molar-refractivity contribution in [3.63, 3.8) is 0 Å². The predicted molar refractivity (Wildman–Crippen MR) is 127 cm³/mol. The van der Waals surface area contributed by atoms with E-state index in [9.17, 15) is 14.4 Å². The molecule has 1 amide bonds. The fraction of sp³-hybridized carbons (Fsp3) is 0.160. The molecule has 0 bridgehead atoms. The van der Waals surface area contributed by atoms with Crippen LogP contribution in [0, 0.1) is 0 Å². The second-order valence-electron chi connectivity index (χ2n) is 7.46. The molecule has 1 N–H and O–H groups in total. The molecule has 4 rings (SSSR count). The van der Waals surface area contributed by atoms with Crippen molar-refractivity contribution in [3.8, 4) is 28.3 Å². The van der Waals surface area contributed by atoms with Crippen molar-refractivity contribution in [1.29, 1.82) is 0 Å². The van der Waals surface area contributed by atoms with E-state index in [0.717, 1.165) is 16.9 Å². The Bertz CT molecular complexity index is 1400. The van der Waals surface area contributed by atoms with E-state index < -0.39 is 0 Å². The van der Waals surface area contributed by atoms with Gasteiger partial charge in [0.1, 0.15) is 12.3 Å². The molecule has 0 aliphatic heterocycles. The van der Waals surface area contributed by atoms with Crippen molar-refractivity contribution in [1.82, 2.24) is 24.6 Å². The van der Waals surface area contributed by atoms with Gasteiger partial charge >= 0.3 is 0 Å². The highest BCUT2D eigenvalue weighted by Crippen LogP contribution is 2.19. The van der Waals surface area contributed by atoms with Crippen molar-refractivity contribution in [2.24, 2.45) is 0 Å². The molecule has 0 unspecified atom stereocenters. The summed E-state index contributed by atoms with van der Waals surface area (Å²) in [6.07, 6.45) is 1.36. The van der Waals surface area contributed by atoms with Gasteiger partial charge in [-0.2, -0.15) is 5.10 Å². The first-order valence-corrected chi connectivity index (χ1v) is 10.6. The van der Waals surface area contributed by atoms with Crippen molar-refractivity contribution >= 4 is 5.91 Å². The minimum atomic E-state index is -0.365. The highest BCUT2D eigenvalue weighted by Gasteiger charge is 2.08. The monoisotopic (exact) mass is 457 g/mol. The molecule has 0 aliphatic carbocycles. The van der Waals surface area contributed by atoms with Gasteiger partial charge in [-0.15, -0.1) is 0 Å². The zero-order valence-corrected chi connectivity index (χ0v) is 18.5. The SMILES string of the molecule is COc1ccc(-c2ccc(=O)n(CCNC(=O)Cn3cnc(-c4ccccc4)cc3=O)n2)cc1. The highest BCUT2D eigenvalue weighted by molar-refractivity contribution is 5.75. The quantitative estimate of drug-likeness (QED) is 0.433. The molecule has 0 radical (unpaired) electrons. The molecule has 0 spiro atoms. The lowest BCUT2D eigenvalue weighted by Crippen LogP contribution is -2.35. The number of hydrogen-bond acceptors (Lipinski definition) is 6. The minimum Gasteiger partial charge on any atom is -0.497 e. The number of hydrogen-bond donors (Lipinski definition) is 1. The number of benzene rings is 2.